The van der Waals surface area contributed by atoms with Crippen LogP contribution in [0.15, 0.2) is 54.6 Å². The van der Waals surface area contributed by atoms with Crippen LogP contribution < -0.4 is 15.0 Å². The topological polar surface area (TPSA) is 67.3 Å². The molecule has 0 spiro atoms. The zero-order valence-electron chi connectivity index (χ0n) is 19.0. The highest BCUT2D eigenvalue weighted by Crippen LogP contribution is 2.24. The van der Waals surface area contributed by atoms with Gasteiger partial charge in [0.05, 0.1) is 5.69 Å². The monoisotopic (exact) mass is 430 g/mol. The van der Waals surface area contributed by atoms with Crippen molar-refractivity contribution < 1.29 is 9.53 Å². The maximum atomic E-state index is 12.7. The molecule has 1 fully saturated rings. The van der Waals surface area contributed by atoms with E-state index in [9.17, 15) is 4.79 Å². The molecule has 6 heteroatoms. The number of piperidine rings is 1. The first-order chi connectivity index (χ1) is 15.5. The summed E-state index contributed by atoms with van der Waals surface area (Å²) in [6.45, 7) is 7.85. The number of hydrogen-bond acceptors (Lipinski definition) is 5. The lowest BCUT2D eigenvalue weighted by atomic mass is 10.1. The molecule has 1 N–H and O–H groups in total. The Balaban J connectivity index is 1.41. The summed E-state index contributed by atoms with van der Waals surface area (Å²) in [6.07, 6.45) is 3.08. The average Bonchev–Trinajstić information content (AvgIpc) is 2.79. The summed E-state index contributed by atoms with van der Waals surface area (Å²) in [5, 5.41) is 11.8. The van der Waals surface area contributed by atoms with E-state index in [1.54, 1.807) is 6.92 Å². The molecule has 166 valence electrons. The molecule has 0 bridgehead atoms. The Kier molecular flexibility index (Phi) is 6.69. The molecule has 6 nitrogen and oxygen atoms in total. The fraction of sp³-hybridized carbons (Fsp3) is 0.346. The number of benzene rings is 2. The van der Waals surface area contributed by atoms with Crippen LogP contribution in [0, 0.1) is 13.8 Å². The van der Waals surface area contributed by atoms with Crippen molar-refractivity contribution in [1.82, 2.24) is 10.2 Å². The third-order valence-electron chi connectivity index (χ3n) is 5.63. The molecule has 2 aromatic carbocycles. The third-order valence-corrected chi connectivity index (χ3v) is 5.63. The maximum absolute atomic E-state index is 12.7. The molecule has 32 heavy (non-hydrogen) atoms. The lowest BCUT2D eigenvalue weighted by Gasteiger charge is -2.27. The minimum atomic E-state index is -0.622. The molecule has 0 aliphatic carbocycles. The van der Waals surface area contributed by atoms with Gasteiger partial charge in [-0.1, -0.05) is 18.2 Å². The SMILES string of the molecule is Cc1cc(C)cc(OC(C)C(=O)Nc2cccc(-c3ccc(N4CCCCC4)nn3)c2)c1. The Hall–Kier alpha value is -3.41. The van der Waals surface area contributed by atoms with Gasteiger partial charge in [0.25, 0.3) is 5.91 Å². The molecule has 0 saturated carbocycles. The summed E-state index contributed by atoms with van der Waals surface area (Å²) in [6, 6.07) is 17.6. The molecule has 1 saturated heterocycles. The van der Waals surface area contributed by atoms with Crippen LogP contribution in [0.25, 0.3) is 11.3 Å². The van der Waals surface area contributed by atoms with Crippen molar-refractivity contribution in [3.63, 3.8) is 0 Å². The van der Waals surface area contributed by atoms with Crippen LogP contribution in [0.3, 0.4) is 0 Å². The Morgan fingerprint density at radius 3 is 2.41 bits per heavy atom. The molecule has 3 aromatic rings. The summed E-state index contributed by atoms with van der Waals surface area (Å²) in [4.78, 5) is 15.0. The number of aromatic nitrogens is 2. The fourth-order valence-corrected chi connectivity index (χ4v) is 4.03. The number of nitrogens with zero attached hydrogens (tertiary/aromatic N) is 3. The Bertz CT molecular complexity index is 1060. The number of rotatable bonds is 6. The molecule has 2 heterocycles. The van der Waals surface area contributed by atoms with Gasteiger partial charge in [-0.05, 0) is 87.6 Å². The van der Waals surface area contributed by atoms with Crippen LogP contribution in [0.5, 0.6) is 5.75 Å². The van der Waals surface area contributed by atoms with E-state index in [4.69, 9.17) is 4.74 Å². The normalized spacial score (nSPS) is 14.7. The zero-order valence-corrected chi connectivity index (χ0v) is 19.0. The van der Waals surface area contributed by atoms with Crippen LogP contribution in [-0.2, 0) is 4.79 Å². The second-order valence-corrected chi connectivity index (χ2v) is 8.48. The number of carbonyl (C=O) groups excluding carboxylic acids is 1. The molecule has 1 atom stereocenters. The Morgan fingerprint density at radius 1 is 0.969 bits per heavy atom. The maximum Gasteiger partial charge on any atom is 0.265 e. The standard InChI is InChI=1S/C26H30N4O2/c1-18-14-19(2)16-23(15-18)32-20(3)26(31)27-22-9-7-8-21(17-22)24-10-11-25(29-28-24)30-12-5-4-6-13-30/h7-11,14-17,20H,4-6,12-13H2,1-3H3,(H,27,31). The number of hydrogen-bond donors (Lipinski definition) is 1. The number of nitrogens with one attached hydrogen (secondary N) is 1. The van der Waals surface area contributed by atoms with E-state index >= 15 is 0 Å². The first kappa shape index (κ1) is 21.8. The van der Waals surface area contributed by atoms with E-state index in [1.165, 1.54) is 19.3 Å². The molecule has 1 aromatic heterocycles. The molecular formula is C26H30N4O2. The van der Waals surface area contributed by atoms with Gasteiger partial charge in [0.15, 0.2) is 11.9 Å². The van der Waals surface area contributed by atoms with Crippen molar-refractivity contribution >= 4 is 17.4 Å². The summed E-state index contributed by atoms with van der Waals surface area (Å²) in [5.41, 5.74) is 4.59. The summed E-state index contributed by atoms with van der Waals surface area (Å²) in [5.74, 6) is 1.42. The number of aryl methyl sites for hydroxylation is 2. The summed E-state index contributed by atoms with van der Waals surface area (Å²) < 4.78 is 5.86. The lowest BCUT2D eigenvalue weighted by Crippen LogP contribution is -2.30. The van der Waals surface area contributed by atoms with Crippen LogP contribution >= 0.6 is 0 Å². The van der Waals surface area contributed by atoms with Crippen LogP contribution in [0.2, 0.25) is 0 Å². The van der Waals surface area contributed by atoms with Crippen molar-refractivity contribution in [3.8, 4) is 17.0 Å². The second kappa shape index (κ2) is 9.81. The van der Waals surface area contributed by atoms with E-state index in [2.05, 4.69) is 26.5 Å². The van der Waals surface area contributed by atoms with Crippen LogP contribution in [0.1, 0.15) is 37.3 Å². The van der Waals surface area contributed by atoms with Gasteiger partial charge in [0.1, 0.15) is 5.75 Å². The van der Waals surface area contributed by atoms with Crippen molar-refractivity contribution in [3.05, 3.63) is 65.7 Å². The van der Waals surface area contributed by atoms with Crippen LogP contribution in [-0.4, -0.2) is 35.3 Å². The summed E-state index contributed by atoms with van der Waals surface area (Å²) in [7, 11) is 0. The highest BCUT2D eigenvalue weighted by atomic mass is 16.5. The second-order valence-electron chi connectivity index (χ2n) is 8.48. The quantitative estimate of drug-likeness (QED) is 0.585. The van der Waals surface area contributed by atoms with Gasteiger partial charge in [-0.2, -0.15) is 0 Å². The first-order valence-electron chi connectivity index (χ1n) is 11.2. The first-order valence-corrected chi connectivity index (χ1v) is 11.2. The largest absolute Gasteiger partial charge is 0.481 e. The van der Waals surface area contributed by atoms with Gasteiger partial charge in [-0.25, -0.2) is 0 Å². The molecule has 4 rings (SSSR count). The molecular weight excluding hydrogens is 400 g/mol. The zero-order chi connectivity index (χ0) is 22.5. The van der Waals surface area contributed by atoms with Gasteiger partial charge in [0.2, 0.25) is 0 Å². The number of amides is 1. The highest BCUT2D eigenvalue weighted by Gasteiger charge is 2.16. The van der Waals surface area contributed by atoms with E-state index < -0.39 is 6.10 Å². The van der Waals surface area contributed by atoms with Gasteiger partial charge >= 0.3 is 0 Å². The Labute approximate surface area is 189 Å². The summed E-state index contributed by atoms with van der Waals surface area (Å²) >= 11 is 0. The van der Waals surface area contributed by atoms with E-state index in [0.717, 1.165) is 41.3 Å². The van der Waals surface area contributed by atoms with E-state index in [-0.39, 0.29) is 5.91 Å². The molecule has 1 aliphatic rings. The number of anilines is 2. The van der Waals surface area contributed by atoms with Gasteiger partial charge < -0.3 is 15.0 Å². The fourth-order valence-electron chi connectivity index (χ4n) is 4.03. The molecule has 0 radical (unpaired) electrons. The average molecular weight is 431 g/mol. The van der Waals surface area contributed by atoms with Crippen molar-refractivity contribution in [2.75, 3.05) is 23.3 Å². The van der Waals surface area contributed by atoms with Crippen molar-refractivity contribution in [2.24, 2.45) is 0 Å². The minimum absolute atomic E-state index is 0.201. The van der Waals surface area contributed by atoms with E-state index in [1.807, 2.05) is 62.4 Å². The van der Waals surface area contributed by atoms with Gasteiger partial charge in [-0.15, -0.1) is 10.2 Å². The van der Waals surface area contributed by atoms with Crippen molar-refractivity contribution in [2.45, 2.75) is 46.1 Å². The van der Waals surface area contributed by atoms with E-state index in [0.29, 0.717) is 11.4 Å². The molecule has 1 amide bonds. The number of ether oxygens (including phenoxy) is 1. The predicted octanol–water partition coefficient (Wildman–Crippen LogP) is 5.16. The Morgan fingerprint density at radius 2 is 1.72 bits per heavy atom. The molecule has 1 aliphatic heterocycles. The highest BCUT2D eigenvalue weighted by molar-refractivity contribution is 5.94. The van der Waals surface area contributed by atoms with Crippen molar-refractivity contribution in [1.29, 1.82) is 0 Å². The third kappa shape index (κ3) is 5.44. The van der Waals surface area contributed by atoms with Gasteiger partial charge in [-0.3, -0.25) is 4.79 Å². The van der Waals surface area contributed by atoms with Gasteiger partial charge in [0, 0.05) is 24.3 Å². The lowest BCUT2D eigenvalue weighted by molar-refractivity contribution is -0.122. The smallest absolute Gasteiger partial charge is 0.265 e. The number of carbonyl (C=O) groups is 1. The minimum Gasteiger partial charge on any atom is -0.481 e. The van der Waals surface area contributed by atoms with Crippen LogP contribution in [0.4, 0.5) is 11.5 Å². The molecule has 1 unspecified atom stereocenters. The predicted molar refractivity (Wildman–Crippen MR) is 128 cm³/mol.